The van der Waals surface area contributed by atoms with Crippen molar-refractivity contribution in [2.75, 3.05) is 19.6 Å². The van der Waals surface area contributed by atoms with Gasteiger partial charge in [0.2, 0.25) is 11.8 Å². The van der Waals surface area contributed by atoms with Crippen molar-refractivity contribution in [2.24, 2.45) is 5.73 Å². The number of likely N-dealkylation sites (tertiary alicyclic amines) is 1. The minimum atomic E-state index is -0.282. The van der Waals surface area contributed by atoms with Crippen molar-refractivity contribution in [3.8, 4) is 0 Å². The van der Waals surface area contributed by atoms with Crippen LogP contribution in [-0.4, -0.2) is 42.4 Å². The molecule has 2 atom stereocenters. The Morgan fingerprint density at radius 1 is 1.38 bits per heavy atom. The van der Waals surface area contributed by atoms with Gasteiger partial charge >= 0.3 is 0 Å². The van der Waals surface area contributed by atoms with Crippen LogP contribution in [0.5, 0.6) is 0 Å². The molecule has 146 valence electrons. The largest absolute Gasteiger partial charge is 0.354 e. The highest BCUT2D eigenvalue weighted by Crippen LogP contribution is 2.24. The lowest BCUT2D eigenvalue weighted by Crippen LogP contribution is -2.49. The molecule has 1 aromatic carbocycles. The van der Waals surface area contributed by atoms with Gasteiger partial charge in [0, 0.05) is 38.5 Å². The molecule has 1 aliphatic rings. The highest BCUT2D eigenvalue weighted by molar-refractivity contribution is 5.85. The Labute approximate surface area is 160 Å². The van der Waals surface area contributed by atoms with Crippen molar-refractivity contribution in [1.29, 1.82) is 0 Å². The molecular weight excluding hydrogens is 357 g/mol. The summed E-state index contributed by atoms with van der Waals surface area (Å²) in [5.41, 5.74) is 6.21. The summed E-state index contributed by atoms with van der Waals surface area (Å²) in [6.45, 7) is 3.45. The number of amides is 2. The smallest absolute Gasteiger partial charge is 0.223 e. The quantitative estimate of drug-likeness (QED) is 0.757. The molecule has 1 aliphatic heterocycles. The molecule has 26 heavy (non-hydrogen) atoms. The number of hydrogen-bond acceptors (Lipinski definition) is 3. The van der Waals surface area contributed by atoms with E-state index < -0.39 is 0 Å². The molecule has 1 heterocycles. The Morgan fingerprint density at radius 2 is 2.15 bits per heavy atom. The Kier molecular flexibility index (Phi) is 9.59. The maximum absolute atomic E-state index is 13.4. The van der Waals surface area contributed by atoms with Gasteiger partial charge in [-0.25, -0.2) is 4.39 Å². The zero-order valence-electron chi connectivity index (χ0n) is 15.2. The van der Waals surface area contributed by atoms with E-state index in [0.717, 1.165) is 24.8 Å². The van der Waals surface area contributed by atoms with E-state index in [9.17, 15) is 14.0 Å². The fourth-order valence-electron chi connectivity index (χ4n) is 3.30. The summed E-state index contributed by atoms with van der Waals surface area (Å²) in [6, 6.07) is 6.44. The maximum atomic E-state index is 13.4. The fourth-order valence-corrected chi connectivity index (χ4v) is 3.30. The minimum absolute atomic E-state index is 0. The van der Waals surface area contributed by atoms with Gasteiger partial charge in [0.05, 0.1) is 0 Å². The second-order valence-corrected chi connectivity index (χ2v) is 6.74. The molecule has 5 nitrogen and oxygen atoms in total. The van der Waals surface area contributed by atoms with Crippen LogP contribution in [-0.2, 0) is 9.59 Å². The van der Waals surface area contributed by atoms with E-state index in [2.05, 4.69) is 5.32 Å². The van der Waals surface area contributed by atoms with Gasteiger partial charge in [0.15, 0.2) is 0 Å². The van der Waals surface area contributed by atoms with Crippen molar-refractivity contribution in [1.82, 2.24) is 10.2 Å². The van der Waals surface area contributed by atoms with Gasteiger partial charge in [-0.05, 0) is 42.9 Å². The van der Waals surface area contributed by atoms with Crippen LogP contribution >= 0.6 is 12.4 Å². The summed E-state index contributed by atoms with van der Waals surface area (Å²) >= 11 is 0. The Hall–Kier alpha value is -1.66. The summed E-state index contributed by atoms with van der Waals surface area (Å²) in [7, 11) is 0. The van der Waals surface area contributed by atoms with E-state index in [1.165, 1.54) is 12.1 Å². The minimum Gasteiger partial charge on any atom is -0.354 e. The molecule has 1 fully saturated rings. The third-order valence-electron chi connectivity index (χ3n) is 4.75. The molecule has 2 rings (SSSR count). The van der Waals surface area contributed by atoms with E-state index in [1.807, 2.05) is 17.9 Å². The number of carbonyl (C=O) groups excluding carboxylic acids is 2. The van der Waals surface area contributed by atoms with E-state index >= 15 is 0 Å². The Balaban J connectivity index is 0.00000338. The number of nitrogens with two attached hydrogens (primary N) is 1. The Morgan fingerprint density at radius 3 is 2.85 bits per heavy atom. The first-order valence-corrected chi connectivity index (χ1v) is 9.03. The van der Waals surface area contributed by atoms with Crippen molar-refractivity contribution < 1.29 is 14.0 Å². The van der Waals surface area contributed by atoms with E-state index in [4.69, 9.17) is 5.73 Å². The lowest BCUT2D eigenvalue weighted by atomic mass is 9.95. The second kappa shape index (κ2) is 11.1. The number of nitrogens with one attached hydrogen (secondary N) is 1. The molecule has 1 aromatic rings. The second-order valence-electron chi connectivity index (χ2n) is 6.74. The van der Waals surface area contributed by atoms with Crippen LogP contribution in [0.1, 0.15) is 50.5 Å². The molecular formula is C19H29ClFN3O2. The summed E-state index contributed by atoms with van der Waals surface area (Å²) in [4.78, 5) is 26.3. The third-order valence-corrected chi connectivity index (χ3v) is 4.75. The number of hydrogen-bond donors (Lipinski definition) is 2. The molecule has 7 heteroatoms. The number of piperidine rings is 1. The maximum Gasteiger partial charge on any atom is 0.223 e. The van der Waals surface area contributed by atoms with Crippen LogP contribution in [0.2, 0.25) is 0 Å². The summed E-state index contributed by atoms with van der Waals surface area (Å²) in [6.07, 6.45) is 3.57. The summed E-state index contributed by atoms with van der Waals surface area (Å²) < 4.78 is 13.4. The third kappa shape index (κ3) is 6.57. The predicted molar refractivity (Wildman–Crippen MR) is 103 cm³/mol. The van der Waals surface area contributed by atoms with Crippen LogP contribution in [0.3, 0.4) is 0 Å². The van der Waals surface area contributed by atoms with E-state index in [-0.39, 0.29) is 42.0 Å². The van der Waals surface area contributed by atoms with Gasteiger partial charge < -0.3 is 16.0 Å². The lowest BCUT2D eigenvalue weighted by Gasteiger charge is -2.36. The van der Waals surface area contributed by atoms with Crippen molar-refractivity contribution in [3.63, 3.8) is 0 Å². The molecule has 0 aliphatic carbocycles. The zero-order valence-corrected chi connectivity index (χ0v) is 16.1. The molecule has 3 N–H and O–H groups in total. The van der Waals surface area contributed by atoms with Crippen molar-refractivity contribution >= 4 is 24.2 Å². The highest BCUT2D eigenvalue weighted by Gasteiger charge is 2.28. The average Bonchev–Trinajstić information content (AvgIpc) is 2.60. The zero-order chi connectivity index (χ0) is 18.2. The fraction of sp³-hybridized carbons (Fsp3) is 0.579. The first-order chi connectivity index (χ1) is 12.0. The topological polar surface area (TPSA) is 75.4 Å². The first kappa shape index (κ1) is 22.4. The van der Waals surface area contributed by atoms with Crippen LogP contribution in [0.25, 0.3) is 0 Å². The van der Waals surface area contributed by atoms with Crippen molar-refractivity contribution in [2.45, 2.75) is 51.0 Å². The lowest BCUT2D eigenvalue weighted by molar-refractivity contribution is -0.135. The number of nitrogens with zero attached hydrogens (tertiary/aromatic N) is 1. The molecule has 2 unspecified atom stereocenters. The standard InChI is InChI=1S/C19H28FN3O2.ClH/c1-14(15-5-4-6-16(20)12-15)11-19(25)23-10-3-2-7-17(23)13-22-18(24)8-9-21;/h4-6,12,14,17H,2-3,7-11,13,21H2,1H3,(H,22,24);1H. The first-order valence-electron chi connectivity index (χ1n) is 9.03. The number of benzene rings is 1. The van der Waals surface area contributed by atoms with Crippen LogP contribution in [0.15, 0.2) is 24.3 Å². The molecule has 0 radical (unpaired) electrons. The summed E-state index contributed by atoms with van der Waals surface area (Å²) in [5.74, 6) is -0.337. The SMILES string of the molecule is CC(CC(=O)N1CCCCC1CNC(=O)CCN)c1cccc(F)c1.Cl. The monoisotopic (exact) mass is 385 g/mol. The predicted octanol–water partition coefficient (Wildman–Crippen LogP) is 2.59. The molecule has 0 bridgehead atoms. The Bertz CT molecular complexity index is 600. The number of halogens is 2. The van der Waals surface area contributed by atoms with Gasteiger partial charge in [-0.15, -0.1) is 12.4 Å². The molecule has 0 aromatic heterocycles. The average molecular weight is 386 g/mol. The van der Waals surface area contributed by atoms with Crippen molar-refractivity contribution in [3.05, 3.63) is 35.6 Å². The van der Waals surface area contributed by atoms with Gasteiger partial charge in [0.1, 0.15) is 5.82 Å². The molecule has 0 saturated carbocycles. The normalized spacial score (nSPS) is 18.0. The molecule has 1 saturated heterocycles. The van der Waals surface area contributed by atoms with Crippen LogP contribution < -0.4 is 11.1 Å². The van der Waals surface area contributed by atoms with E-state index in [1.54, 1.807) is 6.07 Å². The number of carbonyl (C=O) groups is 2. The molecule has 0 spiro atoms. The summed E-state index contributed by atoms with van der Waals surface area (Å²) in [5, 5.41) is 2.87. The highest BCUT2D eigenvalue weighted by atomic mass is 35.5. The van der Waals surface area contributed by atoms with Gasteiger partial charge in [-0.3, -0.25) is 9.59 Å². The van der Waals surface area contributed by atoms with Gasteiger partial charge in [-0.1, -0.05) is 19.1 Å². The van der Waals surface area contributed by atoms with Gasteiger partial charge in [0.25, 0.3) is 0 Å². The van der Waals surface area contributed by atoms with E-state index in [0.29, 0.717) is 32.5 Å². The van der Waals surface area contributed by atoms with Crippen LogP contribution in [0, 0.1) is 5.82 Å². The van der Waals surface area contributed by atoms with Crippen LogP contribution in [0.4, 0.5) is 4.39 Å². The molecule has 2 amide bonds. The number of rotatable bonds is 7. The van der Waals surface area contributed by atoms with Gasteiger partial charge in [-0.2, -0.15) is 0 Å².